The number of aliphatic hydroxyl groups excluding tert-OH is 1. The van der Waals surface area contributed by atoms with Crippen molar-refractivity contribution in [3.8, 4) is 0 Å². The molecule has 2 N–H and O–H groups in total. The highest BCUT2D eigenvalue weighted by atomic mass is 16.2. The van der Waals surface area contributed by atoms with Crippen molar-refractivity contribution in [2.24, 2.45) is 0 Å². The summed E-state index contributed by atoms with van der Waals surface area (Å²) < 4.78 is 0. The monoisotopic (exact) mass is 237 g/mol. The second-order valence-electron chi connectivity index (χ2n) is 4.62. The number of anilines is 1. The van der Waals surface area contributed by atoms with Gasteiger partial charge in [-0.3, -0.25) is 0 Å². The number of aromatic nitrogens is 2. The molecule has 1 aromatic heterocycles. The van der Waals surface area contributed by atoms with Gasteiger partial charge in [0, 0.05) is 30.8 Å². The third-order valence-electron chi connectivity index (χ3n) is 2.53. The van der Waals surface area contributed by atoms with Crippen LogP contribution < -0.4 is 5.32 Å². The zero-order valence-corrected chi connectivity index (χ0v) is 11.0. The van der Waals surface area contributed by atoms with Crippen LogP contribution in [0, 0.1) is 6.92 Å². The summed E-state index contributed by atoms with van der Waals surface area (Å²) in [5.41, 5.74) is 1.00. The minimum Gasteiger partial charge on any atom is -0.396 e. The maximum Gasteiger partial charge on any atom is 0.133 e. The van der Waals surface area contributed by atoms with Gasteiger partial charge in [0.1, 0.15) is 11.6 Å². The molecule has 0 aliphatic carbocycles. The Morgan fingerprint density at radius 2 is 2.00 bits per heavy atom. The largest absolute Gasteiger partial charge is 0.396 e. The Morgan fingerprint density at radius 3 is 2.65 bits per heavy atom. The molecule has 0 unspecified atom stereocenters. The van der Waals surface area contributed by atoms with Crippen molar-refractivity contribution in [2.45, 2.75) is 46.0 Å². The van der Waals surface area contributed by atoms with E-state index in [0.717, 1.165) is 43.1 Å². The highest BCUT2D eigenvalue weighted by molar-refractivity contribution is 5.36. The first kappa shape index (κ1) is 13.9. The molecule has 4 nitrogen and oxygen atoms in total. The van der Waals surface area contributed by atoms with E-state index in [-0.39, 0.29) is 6.61 Å². The highest BCUT2D eigenvalue weighted by Gasteiger charge is 2.05. The van der Waals surface area contributed by atoms with Gasteiger partial charge in [-0.15, -0.1) is 0 Å². The second kappa shape index (κ2) is 7.22. The summed E-state index contributed by atoms with van der Waals surface area (Å²) >= 11 is 0. The number of rotatable bonds is 7. The summed E-state index contributed by atoms with van der Waals surface area (Å²) in [6.45, 7) is 7.36. The third-order valence-corrected chi connectivity index (χ3v) is 2.53. The van der Waals surface area contributed by atoms with E-state index in [4.69, 9.17) is 5.11 Å². The molecular weight excluding hydrogens is 214 g/mol. The molecule has 0 saturated carbocycles. The number of aliphatic hydroxyl groups is 1. The summed E-state index contributed by atoms with van der Waals surface area (Å²) in [5.74, 6) is 2.15. The van der Waals surface area contributed by atoms with E-state index >= 15 is 0 Å². The van der Waals surface area contributed by atoms with Gasteiger partial charge >= 0.3 is 0 Å². The van der Waals surface area contributed by atoms with E-state index in [1.54, 1.807) is 0 Å². The summed E-state index contributed by atoms with van der Waals surface area (Å²) in [4.78, 5) is 8.89. The van der Waals surface area contributed by atoms with E-state index in [9.17, 15) is 0 Å². The van der Waals surface area contributed by atoms with Crippen LogP contribution in [0.25, 0.3) is 0 Å². The fraction of sp³-hybridized carbons (Fsp3) is 0.692. The maximum atomic E-state index is 8.68. The second-order valence-corrected chi connectivity index (χ2v) is 4.62. The fourth-order valence-electron chi connectivity index (χ4n) is 1.57. The van der Waals surface area contributed by atoms with Crippen LogP contribution in [0.2, 0.25) is 0 Å². The number of hydrogen-bond donors (Lipinski definition) is 2. The van der Waals surface area contributed by atoms with Gasteiger partial charge in [0.15, 0.2) is 0 Å². The lowest BCUT2D eigenvalue weighted by molar-refractivity contribution is 0.283. The molecule has 0 fully saturated rings. The van der Waals surface area contributed by atoms with E-state index in [0.29, 0.717) is 5.92 Å². The molecule has 1 rings (SSSR count). The fourth-order valence-corrected chi connectivity index (χ4v) is 1.57. The van der Waals surface area contributed by atoms with Crippen molar-refractivity contribution in [3.63, 3.8) is 0 Å². The standard InChI is InChI=1S/C13H23N3O/c1-10(2)13-15-11(3)9-12(16-13)14-7-5-4-6-8-17/h9-10,17H,4-8H2,1-3H3,(H,14,15,16). The SMILES string of the molecule is Cc1cc(NCCCCCO)nc(C(C)C)n1. The maximum absolute atomic E-state index is 8.68. The molecule has 17 heavy (non-hydrogen) atoms. The van der Waals surface area contributed by atoms with Gasteiger partial charge < -0.3 is 10.4 Å². The van der Waals surface area contributed by atoms with Gasteiger partial charge in [-0.2, -0.15) is 0 Å². The molecular formula is C13H23N3O. The number of hydrogen-bond acceptors (Lipinski definition) is 4. The Balaban J connectivity index is 2.47. The van der Waals surface area contributed by atoms with Crippen molar-refractivity contribution in [3.05, 3.63) is 17.6 Å². The van der Waals surface area contributed by atoms with E-state index in [1.807, 2.05) is 13.0 Å². The van der Waals surface area contributed by atoms with Crippen molar-refractivity contribution in [1.29, 1.82) is 0 Å². The molecule has 0 aromatic carbocycles. The lowest BCUT2D eigenvalue weighted by Crippen LogP contribution is -2.07. The van der Waals surface area contributed by atoms with Gasteiger partial charge in [-0.25, -0.2) is 9.97 Å². The topological polar surface area (TPSA) is 58.0 Å². The van der Waals surface area contributed by atoms with Gasteiger partial charge in [0.05, 0.1) is 0 Å². The molecule has 0 atom stereocenters. The number of aryl methyl sites for hydroxylation is 1. The lowest BCUT2D eigenvalue weighted by Gasteiger charge is -2.10. The van der Waals surface area contributed by atoms with Crippen molar-refractivity contribution >= 4 is 5.82 Å². The average Bonchev–Trinajstić information content (AvgIpc) is 2.28. The van der Waals surface area contributed by atoms with Crippen LogP contribution in [-0.2, 0) is 0 Å². The van der Waals surface area contributed by atoms with Gasteiger partial charge in [0.25, 0.3) is 0 Å². The molecule has 0 spiro atoms. The van der Waals surface area contributed by atoms with Crippen LogP contribution in [0.15, 0.2) is 6.07 Å². The van der Waals surface area contributed by atoms with E-state index in [1.165, 1.54) is 0 Å². The Bertz CT molecular complexity index is 339. The molecule has 0 saturated heterocycles. The molecule has 0 aliphatic rings. The normalized spacial score (nSPS) is 10.9. The minimum atomic E-state index is 0.282. The van der Waals surface area contributed by atoms with Crippen molar-refractivity contribution in [2.75, 3.05) is 18.5 Å². The van der Waals surface area contributed by atoms with Gasteiger partial charge in [0.2, 0.25) is 0 Å². The Labute approximate surface area is 103 Å². The summed E-state index contributed by atoms with van der Waals surface area (Å²) in [6.07, 6.45) is 2.98. The zero-order valence-electron chi connectivity index (χ0n) is 11.0. The van der Waals surface area contributed by atoms with Crippen LogP contribution in [0.5, 0.6) is 0 Å². The zero-order chi connectivity index (χ0) is 12.7. The van der Waals surface area contributed by atoms with Crippen LogP contribution in [0.4, 0.5) is 5.82 Å². The van der Waals surface area contributed by atoms with Gasteiger partial charge in [-0.05, 0) is 26.2 Å². The summed E-state index contributed by atoms with van der Waals surface area (Å²) in [5, 5.41) is 12.0. The molecule has 0 radical (unpaired) electrons. The first-order valence-corrected chi connectivity index (χ1v) is 6.33. The van der Waals surface area contributed by atoms with Crippen LogP contribution in [0.3, 0.4) is 0 Å². The Hall–Kier alpha value is -1.16. The minimum absolute atomic E-state index is 0.282. The number of nitrogens with one attached hydrogen (secondary N) is 1. The predicted molar refractivity (Wildman–Crippen MR) is 70.3 cm³/mol. The van der Waals surface area contributed by atoms with E-state index < -0.39 is 0 Å². The highest BCUT2D eigenvalue weighted by Crippen LogP contribution is 2.13. The summed E-state index contributed by atoms with van der Waals surface area (Å²) in [6, 6.07) is 1.97. The summed E-state index contributed by atoms with van der Waals surface area (Å²) in [7, 11) is 0. The quantitative estimate of drug-likeness (QED) is 0.715. The third kappa shape index (κ3) is 5.13. The Morgan fingerprint density at radius 1 is 1.24 bits per heavy atom. The molecule has 0 aliphatic heterocycles. The average molecular weight is 237 g/mol. The molecule has 4 heteroatoms. The first-order valence-electron chi connectivity index (χ1n) is 6.33. The molecule has 0 bridgehead atoms. The Kier molecular flexibility index (Phi) is 5.91. The van der Waals surface area contributed by atoms with E-state index in [2.05, 4.69) is 29.1 Å². The molecule has 0 amide bonds. The lowest BCUT2D eigenvalue weighted by atomic mass is 10.2. The number of nitrogens with zero attached hydrogens (tertiary/aromatic N) is 2. The van der Waals surface area contributed by atoms with Gasteiger partial charge in [-0.1, -0.05) is 13.8 Å². The van der Waals surface area contributed by atoms with Crippen LogP contribution >= 0.6 is 0 Å². The molecule has 1 heterocycles. The van der Waals surface area contributed by atoms with Crippen LogP contribution in [-0.4, -0.2) is 28.2 Å². The molecule has 96 valence electrons. The van der Waals surface area contributed by atoms with Crippen molar-refractivity contribution in [1.82, 2.24) is 9.97 Å². The smallest absolute Gasteiger partial charge is 0.133 e. The first-order chi connectivity index (χ1) is 8.13. The van der Waals surface area contributed by atoms with Crippen LogP contribution in [0.1, 0.15) is 50.5 Å². The molecule has 1 aromatic rings. The van der Waals surface area contributed by atoms with Crippen molar-refractivity contribution < 1.29 is 5.11 Å². The number of unbranched alkanes of at least 4 members (excludes halogenated alkanes) is 2. The predicted octanol–water partition coefficient (Wildman–Crippen LogP) is 2.48.